The summed E-state index contributed by atoms with van der Waals surface area (Å²) in [4.78, 5) is 2.12. The summed E-state index contributed by atoms with van der Waals surface area (Å²) in [5.41, 5.74) is 7.33. The molecule has 1 aromatic carbocycles. The van der Waals surface area contributed by atoms with Gasteiger partial charge in [-0.25, -0.2) is 4.58 Å². The molecule has 1 aliphatic carbocycles. The van der Waals surface area contributed by atoms with Crippen LogP contribution in [0.15, 0.2) is 78.1 Å². The standard InChI is InChI=1S/C22H25N3.ClHO4.H3N/c1-24(2)20-9-5-17(6-10-20)22(19-13-15-23-16-14-19)18-7-11-21(12-8-18)25(3)4;2-1(3,4)5;/h5-15H,16H2,1-4H3;(H,2,3,4,5);1H3. The summed E-state index contributed by atoms with van der Waals surface area (Å²) in [7, 11) is 3.56. The smallest absolute Gasteiger partial charge is 0.199 e. The molecule has 9 heteroatoms. The fraction of sp³-hybridized carbons (Fsp3) is 0.227. The molecule has 0 saturated heterocycles. The largest absolute Gasteiger partial charge is 0.687 e. The second-order valence-electron chi connectivity index (χ2n) is 6.99. The maximum absolute atomic E-state index is 8.60. The molecule has 0 atom stereocenters. The quantitative estimate of drug-likeness (QED) is 0.632. The molecule has 0 amide bonds. The van der Waals surface area contributed by atoms with Crippen molar-refractivity contribution in [2.45, 2.75) is 0 Å². The highest BCUT2D eigenvalue weighted by Crippen LogP contribution is 2.32. The van der Waals surface area contributed by atoms with Gasteiger partial charge in [-0.05, 0) is 46.6 Å². The SMILES string of the molecule is CN(C)c1ccc(C(C2=CC[N-]C=C2)=C2C=CC(=[N+](C)C)C=C2)cc1.N.[O-][Cl+3]([O-])([O-])O. The zero-order valence-corrected chi connectivity index (χ0v) is 18.9. The van der Waals surface area contributed by atoms with Gasteiger partial charge in [-0.1, -0.05) is 24.3 Å². The third-order valence-corrected chi connectivity index (χ3v) is 4.41. The van der Waals surface area contributed by atoms with E-state index in [2.05, 4.69) is 104 Å². The molecule has 0 aromatic heterocycles. The fourth-order valence-corrected chi connectivity index (χ4v) is 2.95. The molecule has 8 nitrogen and oxygen atoms in total. The van der Waals surface area contributed by atoms with Crippen molar-refractivity contribution < 1.29 is 33.5 Å². The van der Waals surface area contributed by atoms with E-state index in [1.165, 1.54) is 33.7 Å². The molecular formula is C22H29ClN4O4. The van der Waals surface area contributed by atoms with Crippen LogP contribution in [0.1, 0.15) is 5.56 Å². The van der Waals surface area contributed by atoms with Crippen molar-refractivity contribution in [1.29, 1.82) is 0 Å². The van der Waals surface area contributed by atoms with Crippen LogP contribution in [-0.4, -0.2) is 49.7 Å². The second kappa shape index (κ2) is 11.6. The van der Waals surface area contributed by atoms with Gasteiger partial charge in [0.25, 0.3) is 0 Å². The van der Waals surface area contributed by atoms with Crippen LogP contribution in [-0.2, 0) is 0 Å². The van der Waals surface area contributed by atoms with Gasteiger partial charge in [0.15, 0.2) is 5.71 Å². The first-order valence-corrected chi connectivity index (χ1v) is 10.4. The molecule has 0 saturated carbocycles. The molecule has 4 N–H and O–H groups in total. The first-order chi connectivity index (χ1) is 14.1. The summed E-state index contributed by atoms with van der Waals surface area (Å²) in [5, 5.41) is 4.29. The third-order valence-electron chi connectivity index (χ3n) is 4.41. The van der Waals surface area contributed by atoms with Crippen molar-refractivity contribution in [3.63, 3.8) is 0 Å². The highest BCUT2D eigenvalue weighted by atomic mass is 35.7. The van der Waals surface area contributed by atoms with E-state index >= 15 is 0 Å². The van der Waals surface area contributed by atoms with Crippen molar-refractivity contribution in [1.82, 2.24) is 6.15 Å². The van der Waals surface area contributed by atoms with E-state index in [9.17, 15) is 0 Å². The van der Waals surface area contributed by atoms with Crippen LogP contribution in [0, 0.1) is 10.2 Å². The van der Waals surface area contributed by atoms with E-state index in [-0.39, 0.29) is 6.15 Å². The third kappa shape index (κ3) is 8.50. The fourth-order valence-electron chi connectivity index (χ4n) is 2.95. The Labute approximate surface area is 185 Å². The highest BCUT2D eigenvalue weighted by molar-refractivity contribution is 6.04. The number of allylic oxidation sites excluding steroid dienone is 8. The Morgan fingerprint density at radius 1 is 1.00 bits per heavy atom. The Hall–Kier alpha value is -2.72. The normalized spacial score (nSPS) is 14.6. The van der Waals surface area contributed by atoms with E-state index in [1.54, 1.807) is 0 Å². The molecule has 1 heterocycles. The van der Waals surface area contributed by atoms with Crippen LogP contribution in [0.4, 0.5) is 5.69 Å². The van der Waals surface area contributed by atoms with Crippen LogP contribution in [0.25, 0.3) is 10.9 Å². The first-order valence-electron chi connectivity index (χ1n) is 9.15. The number of nitrogens with zero attached hydrogens (tertiary/aromatic N) is 3. The Bertz CT molecular complexity index is 909. The van der Waals surface area contributed by atoms with E-state index in [0.29, 0.717) is 0 Å². The average Bonchev–Trinajstić information content (AvgIpc) is 2.68. The minimum atomic E-state index is -4.69. The van der Waals surface area contributed by atoms with Crippen LogP contribution < -0.4 is 25.0 Å². The summed E-state index contributed by atoms with van der Waals surface area (Å²) in [6.07, 6.45) is 14.9. The van der Waals surface area contributed by atoms with Gasteiger partial charge >= 0.3 is 0 Å². The number of halogens is 1. The minimum absolute atomic E-state index is 0. The van der Waals surface area contributed by atoms with Crippen LogP contribution >= 0.6 is 0 Å². The summed E-state index contributed by atoms with van der Waals surface area (Å²) in [6, 6.07) is 8.73. The molecule has 0 fully saturated rings. The number of hydrogen-bond donors (Lipinski definition) is 2. The molecule has 168 valence electrons. The summed E-state index contributed by atoms with van der Waals surface area (Å²) in [5.74, 6) is 0. The molecule has 0 radical (unpaired) electrons. The van der Waals surface area contributed by atoms with Gasteiger partial charge in [0, 0.05) is 31.9 Å². The lowest BCUT2D eigenvalue weighted by molar-refractivity contribution is -1.92. The minimum Gasteiger partial charge on any atom is -0.687 e. The van der Waals surface area contributed by atoms with Crippen LogP contribution in [0.5, 0.6) is 0 Å². The van der Waals surface area contributed by atoms with Crippen LogP contribution in [0.2, 0.25) is 0 Å². The van der Waals surface area contributed by atoms with E-state index in [1.807, 2.05) is 6.20 Å². The summed E-state index contributed by atoms with van der Waals surface area (Å²) >= 11 is 0. The summed E-state index contributed by atoms with van der Waals surface area (Å²) in [6.45, 7) is 0.737. The van der Waals surface area contributed by atoms with Gasteiger partial charge in [0.1, 0.15) is 14.1 Å². The number of anilines is 1. The Morgan fingerprint density at radius 3 is 1.97 bits per heavy atom. The maximum Gasteiger partial charge on any atom is 0.199 e. The molecule has 0 bridgehead atoms. The zero-order valence-electron chi connectivity index (χ0n) is 18.2. The molecule has 0 spiro atoms. The Balaban J connectivity index is 0.000000721. The van der Waals surface area contributed by atoms with Crippen molar-refractivity contribution >= 4 is 17.0 Å². The molecule has 3 rings (SSSR count). The lowest BCUT2D eigenvalue weighted by Gasteiger charge is -2.22. The number of rotatable bonds is 3. The van der Waals surface area contributed by atoms with E-state index in [0.717, 1.165) is 6.54 Å². The monoisotopic (exact) mass is 448 g/mol. The van der Waals surface area contributed by atoms with Crippen molar-refractivity contribution in [3.8, 4) is 0 Å². The molecule has 1 aliphatic heterocycles. The molecule has 2 aliphatic rings. The van der Waals surface area contributed by atoms with Gasteiger partial charge < -0.3 is 16.4 Å². The molecule has 1 aromatic rings. The highest BCUT2D eigenvalue weighted by Gasteiger charge is 2.13. The van der Waals surface area contributed by atoms with E-state index in [4.69, 9.17) is 18.6 Å². The van der Waals surface area contributed by atoms with E-state index < -0.39 is 10.2 Å². The van der Waals surface area contributed by atoms with Gasteiger partial charge in [-0.15, -0.1) is 6.54 Å². The van der Waals surface area contributed by atoms with Crippen molar-refractivity contribution in [3.05, 3.63) is 88.9 Å². The van der Waals surface area contributed by atoms with Crippen molar-refractivity contribution in [2.24, 2.45) is 0 Å². The number of hydrogen-bond acceptors (Lipinski definition) is 6. The first kappa shape index (κ1) is 26.3. The second-order valence-corrected chi connectivity index (χ2v) is 7.79. The Morgan fingerprint density at radius 2 is 1.55 bits per heavy atom. The molecular weight excluding hydrogens is 420 g/mol. The maximum atomic E-state index is 8.60. The predicted octanol–water partition coefficient (Wildman–Crippen LogP) is 0.211. The van der Waals surface area contributed by atoms with Gasteiger partial charge in [0.05, 0.1) is 14.9 Å². The van der Waals surface area contributed by atoms with Gasteiger partial charge in [-0.3, -0.25) is 0 Å². The molecule has 31 heavy (non-hydrogen) atoms. The zero-order chi connectivity index (χ0) is 22.3. The van der Waals surface area contributed by atoms with Gasteiger partial charge in [-0.2, -0.15) is 20.2 Å². The predicted molar refractivity (Wildman–Crippen MR) is 116 cm³/mol. The summed E-state index contributed by atoms with van der Waals surface area (Å²) < 4.78 is 34.8. The lowest BCUT2D eigenvalue weighted by Crippen LogP contribution is -2.58. The number of benzene rings is 1. The van der Waals surface area contributed by atoms with Crippen LogP contribution in [0.3, 0.4) is 0 Å². The van der Waals surface area contributed by atoms with Gasteiger partial charge in [0.2, 0.25) is 0 Å². The lowest BCUT2D eigenvalue weighted by atomic mass is 9.89. The van der Waals surface area contributed by atoms with Crippen molar-refractivity contribution in [2.75, 3.05) is 39.6 Å². The average molecular weight is 449 g/mol. The molecule has 0 unspecified atom stereocenters. The Kier molecular flexibility index (Phi) is 9.86. The topological polar surface area (TPSA) is 145 Å².